The van der Waals surface area contributed by atoms with Crippen molar-refractivity contribution in [3.63, 3.8) is 0 Å². The number of hydrogen-bond acceptors (Lipinski definition) is 4. The minimum absolute atomic E-state index is 0.0142. The number of rotatable bonds is 8. The summed E-state index contributed by atoms with van der Waals surface area (Å²) in [5, 5.41) is 7.52. The molecule has 10 heteroatoms. The van der Waals surface area contributed by atoms with Crippen molar-refractivity contribution in [2.45, 2.75) is 32.0 Å². The third-order valence-corrected chi connectivity index (χ3v) is 6.05. The van der Waals surface area contributed by atoms with Gasteiger partial charge in [0.2, 0.25) is 11.8 Å². The number of carbonyl (C=O) groups excluding carboxylic acids is 3. The molecule has 1 saturated carbocycles. The topological polar surface area (TPSA) is 84.3 Å². The molecule has 0 saturated heterocycles. The molecule has 7 nitrogen and oxygen atoms in total. The minimum atomic E-state index is -0.576. The Bertz CT molecular complexity index is 1210. The summed E-state index contributed by atoms with van der Waals surface area (Å²) in [7, 11) is 0. The van der Waals surface area contributed by atoms with Crippen LogP contribution in [0, 0.1) is 5.82 Å². The van der Waals surface area contributed by atoms with Gasteiger partial charge in [-0.15, -0.1) is 0 Å². The summed E-state index contributed by atoms with van der Waals surface area (Å²) in [5.41, 5.74) is 1.17. The average Bonchev–Trinajstić information content (AvgIpc) is 3.55. The molecule has 2 amide bonds. The monoisotopic (exact) mass is 520 g/mol. The van der Waals surface area contributed by atoms with E-state index in [2.05, 4.69) is 26.3 Å². The third-order valence-electron chi connectivity index (χ3n) is 5.27. The van der Waals surface area contributed by atoms with E-state index in [1.165, 1.54) is 21.7 Å². The number of halogens is 3. The number of hydrogen-bond donors (Lipinski definition) is 1. The molecule has 1 aromatic heterocycles. The molecular weight excluding hydrogens is 503 g/mol. The molecule has 0 atom stereocenters. The van der Waals surface area contributed by atoms with Crippen molar-refractivity contribution in [2.75, 3.05) is 6.54 Å². The van der Waals surface area contributed by atoms with Crippen molar-refractivity contribution < 1.29 is 18.8 Å². The van der Waals surface area contributed by atoms with Crippen LogP contribution in [0.1, 0.15) is 28.9 Å². The Morgan fingerprint density at radius 1 is 1.31 bits per heavy atom. The zero-order valence-corrected chi connectivity index (χ0v) is 19.2. The van der Waals surface area contributed by atoms with Crippen molar-refractivity contribution in [1.29, 1.82) is 0 Å². The molecule has 166 valence electrons. The quantitative estimate of drug-likeness (QED) is 0.458. The number of nitrogens with one attached hydrogen (secondary N) is 1. The van der Waals surface area contributed by atoms with Crippen molar-refractivity contribution in [3.8, 4) is 0 Å². The van der Waals surface area contributed by atoms with Gasteiger partial charge in [0, 0.05) is 28.0 Å². The number of carbonyl (C=O) groups is 3. The largest absolute Gasteiger partial charge is 0.350 e. The van der Waals surface area contributed by atoms with Gasteiger partial charge >= 0.3 is 0 Å². The van der Waals surface area contributed by atoms with E-state index in [9.17, 15) is 18.8 Å². The molecule has 3 aromatic rings. The normalized spacial score (nSPS) is 13.2. The highest BCUT2D eigenvalue weighted by Crippen LogP contribution is 2.28. The molecular formula is C22H19BrClFN4O3. The SMILES string of the molecule is O=Cc1nn(CC(=O)N(CC(=O)NCc2cccc(Cl)c2F)C2CC2)c2ccc(Br)cc12. The molecule has 1 fully saturated rings. The van der Waals surface area contributed by atoms with Crippen LogP contribution < -0.4 is 5.32 Å². The first-order valence-corrected chi connectivity index (χ1v) is 11.1. The summed E-state index contributed by atoms with van der Waals surface area (Å²) in [6.07, 6.45) is 2.28. The zero-order valence-electron chi connectivity index (χ0n) is 16.9. The predicted molar refractivity (Wildman–Crippen MR) is 121 cm³/mol. The summed E-state index contributed by atoms with van der Waals surface area (Å²) >= 11 is 9.14. The Labute approximate surface area is 196 Å². The van der Waals surface area contributed by atoms with Crippen LogP contribution >= 0.6 is 27.5 Å². The van der Waals surface area contributed by atoms with Gasteiger partial charge in [0.15, 0.2) is 6.29 Å². The summed E-state index contributed by atoms with van der Waals surface area (Å²) in [6.45, 7) is -0.269. The van der Waals surface area contributed by atoms with Crippen molar-refractivity contribution in [3.05, 3.63) is 63.0 Å². The fourth-order valence-electron chi connectivity index (χ4n) is 3.50. The lowest BCUT2D eigenvalue weighted by Gasteiger charge is -2.22. The fourth-order valence-corrected chi connectivity index (χ4v) is 4.05. The smallest absolute Gasteiger partial charge is 0.245 e. The van der Waals surface area contributed by atoms with Crippen LogP contribution in [-0.4, -0.2) is 45.4 Å². The second-order valence-corrected chi connectivity index (χ2v) is 8.89. The predicted octanol–water partition coefficient (Wildman–Crippen LogP) is 3.71. The Kier molecular flexibility index (Phi) is 6.57. The van der Waals surface area contributed by atoms with Gasteiger partial charge < -0.3 is 10.2 Å². The molecule has 0 bridgehead atoms. The highest BCUT2D eigenvalue weighted by molar-refractivity contribution is 9.10. The number of aldehydes is 1. The third kappa shape index (κ3) is 4.83. The van der Waals surface area contributed by atoms with Gasteiger partial charge in [-0.1, -0.05) is 39.7 Å². The van der Waals surface area contributed by atoms with Crippen LogP contribution in [0.2, 0.25) is 5.02 Å². The van der Waals surface area contributed by atoms with Gasteiger partial charge in [-0.3, -0.25) is 19.1 Å². The van der Waals surface area contributed by atoms with E-state index in [1.54, 1.807) is 24.3 Å². The molecule has 2 aromatic carbocycles. The average molecular weight is 522 g/mol. The molecule has 32 heavy (non-hydrogen) atoms. The maximum atomic E-state index is 14.0. The Morgan fingerprint density at radius 3 is 2.81 bits per heavy atom. The first-order chi connectivity index (χ1) is 15.4. The minimum Gasteiger partial charge on any atom is -0.350 e. The van der Waals surface area contributed by atoms with Crippen LogP contribution in [-0.2, 0) is 22.7 Å². The highest BCUT2D eigenvalue weighted by Gasteiger charge is 2.34. The van der Waals surface area contributed by atoms with E-state index in [0.717, 1.165) is 17.3 Å². The molecule has 0 spiro atoms. The van der Waals surface area contributed by atoms with Crippen LogP contribution in [0.5, 0.6) is 0 Å². The molecule has 0 aliphatic heterocycles. The number of nitrogens with zero attached hydrogens (tertiary/aromatic N) is 3. The first-order valence-electron chi connectivity index (χ1n) is 9.97. The second kappa shape index (κ2) is 9.38. The van der Waals surface area contributed by atoms with Gasteiger partial charge in [0.05, 0.1) is 17.1 Å². The van der Waals surface area contributed by atoms with Crippen LogP contribution in [0.3, 0.4) is 0 Å². The Balaban J connectivity index is 1.45. The maximum absolute atomic E-state index is 14.0. The number of fused-ring (bicyclic) bond motifs is 1. The lowest BCUT2D eigenvalue weighted by molar-refractivity contribution is -0.137. The molecule has 0 unspecified atom stereocenters. The number of amides is 2. The molecule has 1 N–H and O–H groups in total. The van der Waals surface area contributed by atoms with Crippen LogP contribution in [0.4, 0.5) is 4.39 Å². The lowest BCUT2D eigenvalue weighted by atomic mass is 10.2. The van der Waals surface area contributed by atoms with Gasteiger partial charge in [-0.05, 0) is 37.1 Å². The van der Waals surface area contributed by atoms with Gasteiger partial charge in [0.25, 0.3) is 0 Å². The molecule has 0 radical (unpaired) electrons. The second-order valence-electron chi connectivity index (χ2n) is 7.56. The van der Waals surface area contributed by atoms with Crippen molar-refractivity contribution in [2.24, 2.45) is 0 Å². The van der Waals surface area contributed by atoms with Crippen molar-refractivity contribution in [1.82, 2.24) is 20.0 Å². The molecule has 1 aliphatic rings. The van der Waals surface area contributed by atoms with E-state index in [0.29, 0.717) is 17.2 Å². The van der Waals surface area contributed by atoms with Gasteiger partial charge in [-0.25, -0.2) is 4.39 Å². The fraction of sp³-hybridized carbons (Fsp3) is 0.273. The Hall–Kier alpha value is -2.78. The molecule has 1 heterocycles. The van der Waals surface area contributed by atoms with E-state index >= 15 is 0 Å². The van der Waals surface area contributed by atoms with E-state index in [-0.39, 0.29) is 47.9 Å². The van der Waals surface area contributed by atoms with E-state index < -0.39 is 11.7 Å². The zero-order chi connectivity index (χ0) is 22.8. The van der Waals surface area contributed by atoms with Crippen LogP contribution in [0.25, 0.3) is 10.9 Å². The summed E-state index contributed by atoms with van der Waals surface area (Å²) < 4.78 is 16.3. The van der Waals surface area contributed by atoms with Crippen molar-refractivity contribution >= 4 is 56.5 Å². The summed E-state index contributed by atoms with van der Waals surface area (Å²) in [5.74, 6) is -1.25. The number of benzene rings is 2. The van der Waals surface area contributed by atoms with Crippen LogP contribution in [0.15, 0.2) is 40.9 Å². The molecule has 4 rings (SSSR count). The van der Waals surface area contributed by atoms with E-state index in [4.69, 9.17) is 11.6 Å². The van der Waals surface area contributed by atoms with Gasteiger partial charge in [0.1, 0.15) is 18.1 Å². The van der Waals surface area contributed by atoms with E-state index in [1.807, 2.05) is 0 Å². The maximum Gasteiger partial charge on any atom is 0.245 e. The molecule has 1 aliphatic carbocycles. The standard InChI is InChI=1S/C22H19BrClFN4O3/c23-14-4-7-19-16(8-14)18(12-30)27-29(19)11-21(32)28(15-5-6-15)10-20(31)26-9-13-2-1-3-17(24)22(13)25/h1-4,7-8,12,15H,5-6,9-11H2,(H,26,31). The first kappa shape index (κ1) is 22.4. The Morgan fingerprint density at radius 2 is 2.09 bits per heavy atom. The summed E-state index contributed by atoms with van der Waals surface area (Å²) in [4.78, 5) is 38.4. The number of aromatic nitrogens is 2. The van der Waals surface area contributed by atoms with Gasteiger partial charge in [-0.2, -0.15) is 5.10 Å². The summed E-state index contributed by atoms with van der Waals surface area (Å²) in [6, 6.07) is 9.92. The lowest BCUT2D eigenvalue weighted by Crippen LogP contribution is -2.43. The highest BCUT2D eigenvalue weighted by atomic mass is 79.9.